The third-order valence-electron chi connectivity index (χ3n) is 4.66. The van der Waals surface area contributed by atoms with E-state index in [0.717, 1.165) is 34.9 Å². The molecule has 0 aliphatic carbocycles. The molecule has 0 aliphatic rings. The largest absolute Gasteiger partial charge is 0.483 e. The molecule has 0 atom stereocenters. The Morgan fingerprint density at radius 3 is 2.43 bits per heavy atom. The highest BCUT2D eigenvalue weighted by Crippen LogP contribution is 2.32. The fraction of sp³-hybridized carbons (Fsp3) is 0.417. The van der Waals surface area contributed by atoms with Crippen LogP contribution < -0.4 is 10.1 Å². The first-order chi connectivity index (χ1) is 14.3. The maximum atomic E-state index is 12.3. The van der Waals surface area contributed by atoms with Crippen molar-refractivity contribution in [3.05, 3.63) is 57.6 Å². The van der Waals surface area contributed by atoms with Gasteiger partial charge in [-0.15, -0.1) is 0 Å². The molecule has 0 bridgehead atoms. The van der Waals surface area contributed by atoms with E-state index in [1.165, 1.54) is 0 Å². The first-order valence-electron chi connectivity index (χ1n) is 10.3. The second-order valence-corrected chi connectivity index (χ2v) is 8.41. The highest BCUT2D eigenvalue weighted by Gasteiger charge is 2.13. The molecule has 5 nitrogen and oxygen atoms in total. The van der Waals surface area contributed by atoms with Crippen molar-refractivity contribution in [2.45, 2.75) is 52.9 Å². The molecule has 0 heterocycles. The van der Waals surface area contributed by atoms with Gasteiger partial charge in [0.1, 0.15) is 5.75 Å². The summed E-state index contributed by atoms with van der Waals surface area (Å²) < 4.78 is 12.0. The summed E-state index contributed by atoms with van der Waals surface area (Å²) in [5, 5.41) is 2.79. The Morgan fingerprint density at radius 1 is 1.10 bits per heavy atom. The zero-order chi connectivity index (χ0) is 22.1. The molecule has 0 saturated carbocycles. The maximum Gasteiger partial charge on any atom is 0.338 e. The number of carbonyl (C=O) groups excluding carboxylic acids is 2. The van der Waals surface area contributed by atoms with Crippen LogP contribution in [0.15, 0.2) is 40.9 Å². The lowest BCUT2D eigenvalue weighted by atomic mass is 10.0. The van der Waals surface area contributed by atoms with Gasteiger partial charge in [0.25, 0.3) is 5.91 Å². The molecule has 6 heteroatoms. The van der Waals surface area contributed by atoms with Crippen molar-refractivity contribution in [1.82, 2.24) is 0 Å². The summed E-state index contributed by atoms with van der Waals surface area (Å²) in [5.41, 5.74) is 3.16. The van der Waals surface area contributed by atoms with E-state index in [1.807, 2.05) is 19.1 Å². The molecule has 0 unspecified atom stereocenters. The lowest BCUT2D eigenvalue weighted by Crippen LogP contribution is -2.20. The van der Waals surface area contributed by atoms with Crippen molar-refractivity contribution in [2.75, 3.05) is 18.5 Å². The zero-order valence-electron chi connectivity index (χ0n) is 18.1. The van der Waals surface area contributed by atoms with E-state index >= 15 is 0 Å². The summed E-state index contributed by atoms with van der Waals surface area (Å²) in [6.07, 6.45) is 2.99. The topological polar surface area (TPSA) is 64.6 Å². The molecule has 0 radical (unpaired) electrons. The number of halogens is 1. The van der Waals surface area contributed by atoms with Crippen LogP contribution in [0.1, 0.15) is 67.4 Å². The van der Waals surface area contributed by atoms with Gasteiger partial charge >= 0.3 is 5.97 Å². The molecule has 1 N–H and O–H groups in total. The standard InChI is InChI=1S/C24H30BrNO4/c1-5-6-7-12-29-24(28)18-8-10-19(11-9-18)26-23(27)15-30-22-13-17(4)21(25)14-20(22)16(2)3/h8-11,13-14,16H,5-7,12,15H2,1-4H3,(H,26,27). The molecule has 0 aliphatic heterocycles. The lowest BCUT2D eigenvalue weighted by Gasteiger charge is -2.16. The molecule has 0 aromatic heterocycles. The third-order valence-corrected chi connectivity index (χ3v) is 5.51. The number of rotatable bonds is 10. The quantitative estimate of drug-likeness (QED) is 0.326. The van der Waals surface area contributed by atoms with E-state index < -0.39 is 0 Å². The zero-order valence-corrected chi connectivity index (χ0v) is 19.7. The average Bonchev–Trinajstić information content (AvgIpc) is 2.72. The number of nitrogens with one attached hydrogen (secondary N) is 1. The molecule has 2 aromatic rings. The summed E-state index contributed by atoms with van der Waals surface area (Å²) in [6.45, 7) is 8.58. The molecule has 0 saturated heterocycles. The number of hydrogen-bond acceptors (Lipinski definition) is 4. The number of benzene rings is 2. The smallest absolute Gasteiger partial charge is 0.338 e. The van der Waals surface area contributed by atoms with Crippen molar-refractivity contribution >= 4 is 33.5 Å². The van der Waals surface area contributed by atoms with Crippen molar-refractivity contribution in [2.24, 2.45) is 0 Å². The Morgan fingerprint density at radius 2 is 1.80 bits per heavy atom. The SMILES string of the molecule is CCCCCOC(=O)c1ccc(NC(=O)COc2cc(C)c(Br)cc2C(C)C)cc1. The van der Waals surface area contributed by atoms with Gasteiger partial charge in [0.2, 0.25) is 0 Å². The van der Waals surface area contributed by atoms with E-state index in [1.54, 1.807) is 24.3 Å². The number of carbonyl (C=O) groups is 2. The Hall–Kier alpha value is -2.34. The Labute approximate surface area is 187 Å². The summed E-state index contributed by atoms with van der Waals surface area (Å²) in [5.74, 6) is 0.371. The number of hydrogen-bond donors (Lipinski definition) is 1. The number of esters is 1. The van der Waals surface area contributed by atoms with E-state index in [9.17, 15) is 9.59 Å². The molecule has 2 rings (SSSR count). The normalized spacial score (nSPS) is 10.7. The first kappa shape index (κ1) is 23.9. The molecular formula is C24H30BrNO4. The van der Waals surface area contributed by atoms with Crippen LogP contribution in [0.3, 0.4) is 0 Å². The second-order valence-electron chi connectivity index (χ2n) is 7.55. The van der Waals surface area contributed by atoms with Crippen LogP contribution in [0.5, 0.6) is 5.75 Å². The van der Waals surface area contributed by atoms with Crippen LogP contribution in [0.25, 0.3) is 0 Å². The summed E-state index contributed by atoms with van der Waals surface area (Å²) in [6, 6.07) is 10.6. The molecule has 162 valence electrons. The van der Waals surface area contributed by atoms with Crippen molar-refractivity contribution in [3.8, 4) is 5.75 Å². The number of anilines is 1. The number of aryl methyl sites for hydroxylation is 1. The van der Waals surface area contributed by atoms with Crippen LogP contribution in [-0.4, -0.2) is 25.1 Å². The monoisotopic (exact) mass is 475 g/mol. The Balaban J connectivity index is 1.90. The molecule has 0 spiro atoms. The predicted molar refractivity (Wildman–Crippen MR) is 123 cm³/mol. The summed E-state index contributed by atoms with van der Waals surface area (Å²) >= 11 is 3.54. The van der Waals surface area contributed by atoms with Crippen LogP contribution in [0.4, 0.5) is 5.69 Å². The van der Waals surface area contributed by atoms with Crippen molar-refractivity contribution in [3.63, 3.8) is 0 Å². The second kappa shape index (κ2) is 11.7. The van der Waals surface area contributed by atoms with E-state index in [0.29, 0.717) is 23.6 Å². The van der Waals surface area contributed by atoms with Gasteiger partial charge in [-0.05, 0) is 66.8 Å². The van der Waals surface area contributed by atoms with Crippen molar-refractivity contribution < 1.29 is 19.1 Å². The van der Waals surface area contributed by atoms with Gasteiger partial charge in [-0.25, -0.2) is 4.79 Å². The molecule has 2 aromatic carbocycles. The Bertz CT molecular complexity index is 862. The van der Waals surface area contributed by atoms with E-state index in [-0.39, 0.29) is 24.4 Å². The summed E-state index contributed by atoms with van der Waals surface area (Å²) in [7, 11) is 0. The Kier molecular flexibility index (Phi) is 9.37. The van der Waals surface area contributed by atoms with E-state index in [2.05, 4.69) is 42.0 Å². The third kappa shape index (κ3) is 7.17. The predicted octanol–water partition coefficient (Wildman–Crippen LogP) is 6.25. The first-order valence-corrected chi connectivity index (χ1v) is 11.1. The number of unbranched alkanes of at least 4 members (excludes halogenated alkanes) is 2. The van der Waals surface area contributed by atoms with Gasteiger partial charge < -0.3 is 14.8 Å². The van der Waals surface area contributed by atoms with Gasteiger partial charge in [0.15, 0.2) is 6.61 Å². The van der Waals surface area contributed by atoms with Crippen LogP contribution >= 0.6 is 15.9 Å². The van der Waals surface area contributed by atoms with Crippen LogP contribution in [-0.2, 0) is 9.53 Å². The van der Waals surface area contributed by atoms with Crippen LogP contribution in [0.2, 0.25) is 0 Å². The number of amides is 1. The van der Waals surface area contributed by atoms with Gasteiger partial charge in [-0.3, -0.25) is 4.79 Å². The molecule has 1 amide bonds. The molecule has 0 fully saturated rings. The van der Waals surface area contributed by atoms with Crippen molar-refractivity contribution in [1.29, 1.82) is 0 Å². The molecular weight excluding hydrogens is 446 g/mol. The van der Waals surface area contributed by atoms with Gasteiger partial charge in [-0.1, -0.05) is 49.5 Å². The lowest BCUT2D eigenvalue weighted by molar-refractivity contribution is -0.118. The summed E-state index contributed by atoms with van der Waals surface area (Å²) in [4.78, 5) is 24.3. The highest BCUT2D eigenvalue weighted by molar-refractivity contribution is 9.10. The molecule has 30 heavy (non-hydrogen) atoms. The average molecular weight is 476 g/mol. The maximum absolute atomic E-state index is 12.3. The van der Waals surface area contributed by atoms with Crippen LogP contribution in [0, 0.1) is 6.92 Å². The minimum absolute atomic E-state index is 0.0952. The van der Waals surface area contributed by atoms with Gasteiger partial charge in [0, 0.05) is 10.2 Å². The highest BCUT2D eigenvalue weighted by atomic mass is 79.9. The van der Waals surface area contributed by atoms with Gasteiger partial charge in [-0.2, -0.15) is 0 Å². The minimum atomic E-state index is -0.348. The van der Waals surface area contributed by atoms with Gasteiger partial charge in [0.05, 0.1) is 12.2 Å². The van der Waals surface area contributed by atoms with E-state index in [4.69, 9.17) is 9.47 Å². The minimum Gasteiger partial charge on any atom is -0.483 e. The fourth-order valence-corrected chi connectivity index (χ4v) is 3.24. The fourth-order valence-electron chi connectivity index (χ4n) is 2.88. The number of ether oxygens (including phenoxy) is 2.